The molecule has 3 heterocycles. The molecule has 5 rings (SSSR count). The molecule has 0 aliphatic carbocycles. The summed E-state index contributed by atoms with van der Waals surface area (Å²) in [4.78, 5) is 20.5. The van der Waals surface area contributed by atoms with Crippen molar-refractivity contribution in [3.63, 3.8) is 0 Å². The number of likely N-dealkylation sites (N-methyl/N-ethyl adjacent to an activating group) is 1. The van der Waals surface area contributed by atoms with Crippen LogP contribution in [0.2, 0.25) is 0 Å². The molecule has 0 radical (unpaired) electrons. The van der Waals surface area contributed by atoms with Gasteiger partial charge in [0.05, 0.1) is 22.6 Å². The molecular weight excluding hydrogens is 482 g/mol. The van der Waals surface area contributed by atoms with Gasteiger partial charge in [-0.05, 0) is 69.6 Å². The second-order valence-electron chi connectivity index (χ2n) is 9.48. The first kappa shape index (κ1) is 24.8. The third kappa shape index (κ3) is 5.03. The molecule has 2 aromatic carbocycles. The van der Waals surface area contributed by atoms with Gasteiger partial charge in [0.1, 0.15) is 17.2 Å². The van der Waals surface area contributed by atoms with E-state index in [1.165, 1.54) is 11.3 Å². The largest absolute Gasteiger partial charge is 0.490 e. The van der Waals surface area contributed by atoms with E-state index >= 15 is 0 Å². The summed E-state index contributed by atoms with van der Waals surface area (Å²) in [5.41, 5.74) is 5.08. The molecule has 0 saturated heterocycles. The van der Waals surface area contributed by atoms with Crippen molar-refractivity contribution >= 4 is 49.6 Å². The van der Waals surface area contributed by atoms with Crippen molar-refractivity contribution in [3.05, 3.63) is 72.3 Å². The molecule has 0 fully saturated rings. The highest BCUT2D eigenvalue weighted by Gasteiger charge is 2.24. The highest BCUT2D eigenvalue weighted by Crippen LogP contribution is 2.41. The van der Waals surface area contributed by atoms with Crippen molar-refractivity contribution in [1.82, 2.24) is 15.2 Å². The topological polar surface area (TPSA) is 78.5 Å². The molecule has 37 heavy (non-hydrogen) atoms. The number of pyridine rings is 1. The van der Waals surface area contributed by atoms with E-state index < -0.39 is 0 Å². The Labute approximate surface area is 220 Å². The predicted molar refractivity (Wildman–Crippen MR) is 155 cm³/mol. The number of nitrogens with one attached hydrogen (secondary N) is 3. The van der Waals surface area contributed by atoms with E-state index in [9.17, 15) is 4.79 Å². The minimum Gasteiger partial charge on any atom is -0.490 e. The predicted octanol–water partition coefficient (Wildman–Crippen LogP) is 5.71. The summed E-state index contributed by atoms with van der Waals surface area (Å²) in [5.74, 6) is 0.719. The number of carbonyl (C=O) groups is 1. The zero-order valence-corrected chi connectivity index (χ0v) is 22.2. The molecule has 7 nitrogen and oxygen atoms in total. The molecule has 190 valence electrons. The zero-order chi connectivity index (χ0) is 26.1. The number of benzene rings is 2. The Kier molecular flexibility index (Phi) is 6.86. The van der Waals surface area contributed by atoms with E-state index in [4.69, 9.17) is 9.72 Å². The van der Waals surface area contributed by atoms with Gasteiger partial charge in [-0.25, -0.2) is 4.98 Å². The molecule has 8 heteroatoms. The summed E-state index contributed by atoms with van der Waals surface area (Å²) in [6.07, 6.45) is 1.68. The van der Waals surface area contributed by atoms with E-state index in [-0.39, 0.29) is 11.9 Å². The van der Waals surface area contributed by atoms with E-state index in [2.05, 4.69) is 46.1 Å². The van der Waals surface area contributed by atoms with Gasteiger partial charge in [-0.1, -0.05) is 13.2 Å². The highest BCUT2D eigenvalue weighted by molar-refractivity contribution is 7.21. The fraction of sp³-hybridized carbons (Fsp3) is 0.241. The fourth-order valence-corrected chi connectivity index (χ4v) is 5.46. The lowest BCUT2D eigenvalue weighted by Gasteiger charge is -2.16. The van der Waals surface area contributed by atoms with Crippen LogP contribution in [0.3, 0.4) is 0 Å². The van der Waals surface area contributed by atoms with Crippen LogP contribution in [0.25, 0.3) is 32.2 Å². The summed E-state index contributed by atoms with van der Waals surface area (Å²) in [6.45, 7) is 11.9. The van der Waals surface area contributed by atoms with Gasteiger partial charge in [0.2, 0.25) is 0 Å². The Balaban J connectivity index is 1.54. The first-order chi connectivity index (χ1) is 17.8. The number of allylic oxidation sites excluding steroid dienone is 1. The van der Waals surface area contributed by atoms with Crippen LogP contribution in [-0.4, -0.2) is 55.6 Å². The van der Waals surface area contributed by atoms with Gasteiger partial charge in [-0.2, -0.15) is 0 Å². The number of ether oxygens (including phenoxy) is 1. The lowest BCUT2D eigenvalue weighted by molar-refractivity contribution is 0.0949. The number of anilines is 2. The van der Waals surface area contributed by atoms with Crippen LogP contribution < -0.4 is 20.7 Å². The smallest absolute Gasteiger partial charge is 0.263 e. The SMILES string of the molecule is C=CC(=C)Nc1cc(-c2ccc3c(ccc4sc5c(c43)NC[C@@H](C)NC5=O)n2)ccc1OCCN(C)C. The molecule has 2 aromatic heterocycles. The van der Waals surface area contributed by atoms with E-state index in [1.54, 1.807) is 6.08 Å². The van der Waals surface area contributed by atoms with E-state index in [0.717, 1.165) is 60.8 Å². The van der Waals surface area contributed by atoms with Gasteiger partial charge >= 0.3 is 0 Å². The quantitative estimate of drug-likeness (QED) is 0.262. The molecule has 1 aliphatic heterocycles. The van der Waals surface area contributed by atoms with Crippen LogP contribution in [0.15, 0.2) is 67.4 Å². The molecule has 0 saturated carbocycles. The first-order valence-electron chi connectivity index (χ1n) is 12.3. The molecule has 4 aromatic rings. The second kappa shape index (κ2) is 10.2. The summed E-state index contributed by atoms with van der Waals surface area (Å²) in [6, 6.07) is 14.3. The molecule has 0 spiro atoms. The van der Waals surface area contributed by atoms with Gasteiger partial charge in [0, 0.05) is 45.9 Å². The third-order valence-corrected chi connectivity index (χ3v) is 7.46. The number of thiophene rings is 1. The van der Waals surface area contributed by atoms with Crippen LogP contribution in [0.5, 0.6) is 5.75 Å². The number of carbonyl (C=O) groups excluding carboxylic acids is 1. The zero-order valence-electron chi connectivity index (χ0n) is 21.4. The maximum Gasteiger partial charge on any atom is 0.263 e. The van der Waals surface area contributed by atoms with Crippen molar-refractivity contribution < 1.29 is 9.53 Å². The van der Waals surface area contributed by atoms with E-state index in [1.807, 2.05) is 51.4 Å². The molecule has 1 aliphatic rings. The number of hydrogen-bond acceptors (Lipinski definition) is 7. The van der Waals surface area contributed by atoms with Gasteiger partial charge in [-0.15, -0.1) is 11.3 Å². The van der Waals surface area contributed by atoms with Gasteiger partial charge < -0.3 is 25.6 Å². The van der Waals surface area contributed by atoms with Crippen molar-refractivity contribution in [2.45, 2.75) is 13.0 Å². The van der Waals surface area contributed by atoms with Crippen LogP contribution in [0.1, 0.15) is 16.6 Å². The standard InChI is InChI=1S/C29H31N5O2S/c1-6-17(2)31-23-15-19(7-11-24(23)36-14-13-34(4)5)21-9-8-20-22(33-21)10-12-25-26(20)27-28(37-25)29(35)32-18(3)16-30-27/h6-12,15,18,30-31H,1-2,13-14,16H2,3-5H3,(H,32,35)/t18-/m1/s1. The minimum atomic E-state index is -0.0274. The number of rotatable bonds is 8. The highest BCUT2D eigenvalue weighted by atomic mass is 32.1. The number of hydrogen-bond donors (Lipinski definition) is 3. The minimum absolute atomic E-state index is 0.0274. The number of amides is 1. The summed E-state index contributed by atoms with van der Waals surface area (Å²) in [7, 11) is 4.03. The second-order valence-corrected chi connectivity index (χ2v) is 10.5. The molecular formula is C29H31N5O2S. The maximum atomic E-state index is 12.7. The van der Waals surface area contributed by atoms with Crippen molar-refractivity contribution in [2.75, 3.05) is 44.4 Å². The van der Waals surface area contributed by atoms with Gasteiger partial charge in [-0.3, -0.25) is 4.79 Å². The first-order valence-corrected chi connectivity index (χ1v) is 13.1. The van der Waals surface area contributed by atoms with Crippen LogP contribution >= 0.6 is 11.3 Å². The average Bonchev–Trinajstić information content (AvgIpc) is 3.20. The van der Waals surface area contributed by atoms with Crippen molar-refractivity contribution in [3.8, 4) is 17.0 Å². The molecule has 3 N–H and O–H groups in total. The monoisotopic (exact) mass is 513 g/mol. The van der Waals surface area contributed by atoms with Crippen molar-refractivity contribution in [1.29, 1.82) is 0 Å². The normalized spacial score (nSPS) is 15.1. The number of aromatic nitrogens is 1. The molecule has 1 atom stereocenters. The van der Waals surface area contributed by atoms with Crippen LogP contribution in [0.4, 0.5) is 11.4 Å². The van der Waals surface area contributed by atoms with E-state index in [0.29, 0.717) is 18.8 Å². The molecule has 0 unspecified atom stereocenters. The Morgan fingerprint density at radius 3 is 2.89 bits per heavy atom. The summed E-state index contributed by atoms with van der Waals surface area (Å²) < 4.78 is 7.10. The molecule has 1 amide bonds. The number of nitrogens with zero attached hydrogens (tertiary/aromatic N) is 2. The third-order valence-electron chi connectivity index (χ3n) is 6.30. The van der Waals surface area contributed by atoms with Crippen LogP contribution in [-0.2, 0) is 0 Å². The van der Waals surface area contributed by atoms with Gasteiger partial charge in [0.25, 0.3) is 5.91 Å². The lowest BCUT2D eigenvalue weighted by Crippen LogP contribution is -2.34. The Hall–Kier alpha value is -3.88. The molecule has 0 bridgehead atoms. The number of fused-ring (bicyclic) bond motifs is 5. The Bertz CT molecular complexity index is 1520. The van der Waals surface area contributed by atoms with Crippen LogP contribution in [0, 0.1) is 0 Å². The lowest BCUT2D eigenvalue weighted by atomic mass is 10.1. The fourth-order valence-electron chi connectivity index (χ4n) is 4.36. The van der Waals surface area contributed by atoms with Gasteiger partial charge in [0.15, 0.2) is 0 Å². The Morgan fingerprint density at radius 2 is 2.11 bits per heavy atom. The summed E-state index contributed by atoms with van der Waals surface area (Å²) in [5, 5.41) is 11.9. The summed E-state index contributed by atoms with van der Waals surface area (Å²) >= 11 is 1.51. The maximum absolute atomic E-state index is 12.7. The Morgan fingerprint density at radius 1 is 1.27 bits per heavy atom. The average molecular weight is 514 g/mol. The van der Waals surface area contributed by atoms with Crippen molar-refractivity contribution in [2.24, 2.45) is 0 Å².